The molecule has 0 radical (unpaired) electrons. The summed E-state index contributed by atoms with van der Waals surface area (Å²) in [5, 5.41) is 1.45. The molecule has 7 heteroatoms. The molecule has 1 aromatic heterocycles. The van der Waals surface area contributed by atoms with Gasteiger partial charge >= 0.3 is 12.4 Å². The van der Waals surface area contributed by atoms with E-state index >= 15 is 0 Å². The maximum Gasteiger partial charge on any atom is 0.418 e. The third-order valence-corrected chi connectivity index (χ3v) is 4.45. The van der Waals surface area contributed by atoms with Crippen molar-refractivity contribution in [3.63, 3.8) is 0 Å². The molecule has 0 saturated carbocycles. The lowest BCUT2D eigenvalue weighted by Crippen LogP contribution is -2.14. The lowest BCUT2D eigenvalue weighted by Gasteiger charge is -2.18. The fraction of sp³-hybridized carbons (Fsp3) is 0.100. The molecule has 0 bridgehead atoms. The number of benzene rings is 3. The molecule has 0 aliphatic rings. The molecule has 4 rings (SSSR count). The number of hydrogen-bond acceptors (Lipinski definition) is 0. The molecule has 0 saturated heterocycles. The Bertz CT molecular complexity index is 1100. The predicted octanol–water partition coefficient (Wildman–Crippen LogP) is 6.82. The van der Waals surface area contributed by atoms with E-state index in [2.05, 4.69) is 0 Å². The van der Waals surface area contributed by atoms with Crippen molar-refractivity contribution in [1.82, 2.24) is 4.57 Å². The normalized spacial score (nSPS) is 12.8. The highest BCUT2D eigenvalue weighted by Gasteiger charge is 2.39. The van der Waals surface area contributed by atoms with Crippen molar-refractivity contribution in [2.24, 2.45) is 0 Å². The fourth-order valence-electron chi connectivity index (χ4n) is 3.32. The van der Waals surface area contributed by atoms with Crippen LogP contribution in [0.25, 0.3) is 27.5 Å². The molecule has 0 aliphatic heterocycles. The average Bonchev–Trinajstić information content (AvgIpc) is 2.94. The van der Waals surface area contributed by atoms with Gasteiger partial charge in [-0.15, -0.1) is 0 Å². The minimum absolute atomic E-state index is 0.166. The number of alkyl halides is 6. The van der Waals surface area contributed by atoms with Crippen molar-refractivity contribution in [2.75, 3.05) is 0 Å². The Morgan fingerprint density at radius 3 is 1.59 bits per heavy atom. The zero-order chi connectivity index (χ0) is 19.4. The molecule has 0 unspecified atom stereocenters. The van der Waals surface area contributed by atoms with E-state index in [4.69, 9.17) is 0 Å². The summed E-state index contributed by atoms with van der Waals surface area (Å²) >= 11 is 0. The average molecular weight is 379 g/mol. The monoisotopic (exact) mass is 379 g/mol. The number of nitrogens with zero attached hydrogens (tertiary/aromatic N) is 1. The van der Waals surface area contributed by atoms with Gasteiger partial charge in [0.1, 0.15) is 0 Å². The van der Waals surface area contributed by atoms with E-state index in [0.717, 1.165) is 16.8 Å². The molecule has 0 aliphatic carbocycles. The summed E-state index contributed by atoms with van der Waals surface area (Å²) in [5.74, 6) is 0. The van der Waals surface area contributed by atoms with Gasteiger partial charge in [0.05, 0.1) is 27.8 Å². The number of rotatable bonds is 1. The first-order chi connectivity index (χ1) is 12.7. The van der Waals surface area contributed by atoms with Crippen LogP contribution in [0.3, 0.4) is 0 Å². The van der Waals surface area contributed by atoms with Crippen LogP contribution >= 0.6 is 0 Å². The second-order valence-electron chi connectivity index (χ2n) is 6.10. The Labute approximate surface area is 149 Å². The van der Waals surface area contributed by atoms with Crippen LogP contribution in [0.2, 0.25) is 0 Å². The smallest absolute Gasteiger partial charge is 0.309 e. The summed E-state index contributed by atoms with van der Waals surface area (Å²) in [5.41, 5.74) is -2.02. The van der Waals surface area contributed by atoms with Gasteiger partial charge in [-0.1, -0.05) is 36.4 Å². The van der Waals surface area contributed by atoms with Crippen LogP contribution in [0, 0.1) is 0 Å². The maximum absolute atomic E-state index is 13.6. The topological polar surface area (TPSA) is 4.93 Å². The first-order valence-electron chi connectivity index (χ1n) is 7.95. The number of halogens is 6. The maximum atomic E-state index is 13.6. The van der Waals surface area contributed by atoms with Gasteiger partial charge in [0, 0.05) is 10.8 Å². The zero-order valence-corrected chi connectivity index (χ0v) is 13.6. The van der Waals surface area contributed by atoms with Gasteiger partial charge in [0.2, 0.25) is 0 Å². The summed E-state index contributed by atoms with van der Waals surface area (Å²) in [7, 11) is 0. The van der Waals surface area contributed by atoms with E-state index < -0.39 is 23.5 Å². The SMILES string of the molecule is FC(F)(F)c1ccc(-n2c3ccccc3c3ccccc32)c(C(F)(F)F)c1. The summed E-state index contributed by atoms with van der Waals surface area (Å²) < 4.78 is 81.1. The highest BCUT2D eigenvalue weighted by atomic mass is 19.4. The minimum atomic E-state index is -4.94. The molecule has 0 amide bonds. The zero-order valence-electron chi connectivity index (χ0n) is 13.6. The van der Waals surface area contributed by atoms with Gasteiger partial charge in [-0.05, 0) is 30.3 Å². The van der Waals surface area contributed by atoms with Crippen molar-refractivity contribution in [2.45, 2.75) is 12.4 Å². The predicted molar refractivity (Wildman–Crippen MR) is 90.8 cm³/mol. The van der Waals surface area contributed by atoms with Crippen LogP contribution in [0.15, 0.2) is 66.7 Å². The second kappa shape index (κ2) is 5.77. The third-order valence-electron chi connectivity index (χ3n) is 4.45. The van der Waals surface area contributed by atoms with Crippen molar-refractivity contribution in [3.8, 4) is 5.69 Å². The summed E-state index contributed by atoms with van der Waals surface area (Å²) in [6.45, 7) is 0. The van der Waals surface area contributed by atoms with Gasteiger partial charge in [0.15, 0.2) is 0 Å². The van der Waals surface area contributed by atoms with Gasteiger partial charge in [-0.25, -0.2) is 0 Å². The van der Waals surface area contributed by atoms with E-state index in [-0.39, 0.29) is 11.8 Å². The number of para-hydroxylation sites is 2. The van der Waals surface area contributed by atoms with Crippen LogP contribution in [0.5, 0.6) is 0 Å². The summed E-state index contributed by atoms with van der Waals surface area (Å²) in [6, 6.07) is 15.4. The number of hydrogen-bond donors (Lipinski definition) is 0. The summed E-state index contributed by atoms with van der Waals surface area (Å²) in [4.78, 5) is 0. The molecule has 3 aromatic carbocycles. The van der Waals surface area contributed by atoms with E-state index in [1.807, 2.05) is 0 Å². The molecule has 27 heavy (non-hydrogen) atoms. The van der Waals surface area contributed by atoms with E-state index in [1.165, 1.54) is 4.57 Å². The molecule has 0 atom stereocenters. The Kier molecular flexibility index (Phi) is 3.73. The van der Waals surface area contributed by atoms with Gasteiger partial charge in [0.25, 0.3) is 0 Å². The van der Waals surface area contributed by atoms with Crippen LogP contribution < -0.4 is 0 Å². The van der Waals surface area contributed by atoms with E-state index in [1.54, 1.807) is 48.5 Å². The Balaban J connectivity index is 2.12. The minimum Gasteiger partial charge on any atom is -0.309 e. The molecule has 4 aromatic rings. The molecule has 1 heterocycles. The first-order valence-corrected chi connectivity index (χ1v) is 7.95. The van der Waals surface area contributed by atoms with E-state index in [9.17, 15) is 26.3 Å². The van der Waals surface area contributed by atoms with Crippen molar-refractivity contribution >= 4 is 21.8 Å². The van der Waals surface area contributed by atoms with Gasteiger partial charge in [-0.3, -0.25) is 0 Å². The van der Waals surface area contributed by atoms with Crippen LogP contribution in [-0.2, 0) is 12.4 Å². The van der Waals surface area contributed by atoms with Crippen molar-refractivity contribution < 1.29 is 26.3 Å². The van der Waals surface area contributed by atoms with Crippen LogP contribution in [0.4, 0.5) is 26.3 Å². The quantitative estimate of drug-likeness (QED) is 0.320. The highest BCUT2D eigenvalue weighted by molar-refractivity contribution is 6.09. The van der Waals surface area contributed by atoms with Crippen LogP contribution in [0.1, 0.15) is 11.1 Å². The van der Waals surface area contributed by atoms with Crippen molar-refractivity contribution in [1.29, 1.82) is 0 Å². The Hall–Kier alpha value is -2.96. The molecule has 1 nitrogen and oxygen atoms in total. The molecular weight excluding hydrogens is 368 g/mol. The summed E-state index contributed by atoms with van der Waals surface area (Å²) in [6.07, 6.45) is -9.80. The molecule has 0 N–H and O–H groups in total. The lowest BCUT2D eigenvalue weighted by atomic mass is 10.1. The molecule has 138 valence electrons. The Morgan fingerprint density at radius 2 is 1.11 bits per heavy atom. The number of aromatic nitrogens is 1. The second-order valence-corrected chi connectivity index (χ2v) is 6.10. The molecule has 0 fully saturated rings. The standard InChI is InChI=1S/C20H11F6N/c21-19(22,23)12-9-10-18(15(11-12)20(24,25)26)27-16-7-3-1-5-13(16)14-6-2-4-8-17(14)27/h1-11H. The largest absolute Gasteiger partial charge is 0.418 e. The molecule has 0 spiro atoms. The van der Waals surface area contributed by atoms with Gasteiger partial charge in [-0.2, -0.15) is 26.3 Å². The van der Waals surface area contributed by atoms with Crippen molar-refractivity contribution in [3.05, 3.63) is 77.9 Å². The van der Waals surface area contributed by atoms with E-state index in [0.29, 0.717) is 17.1 Å². The fourth-order valence-corrected chi connectivity index (χ4v) is 3.32. The highest BCUT2D eigenvalue weighted by Crippen LogP contribution is 2.41. The lowest BCUT2D eigenvalue weighted by molar-refractivity contribution is -0.142. The number of fused-ring (bicyclic) bond motifs is 3. The molecular formula is C20H11F6N. The third kappa shape index (κ3) is 2.83. The Morgan fingerprint density at radius 1 is 0.593 bits per heavy atom. The van der Waals surface area contributed by atoms with Crippen LogP contribution in [-0.4, -0.2) is 4.57 Å². The first kappa shape index (κ1) is 17.5. The van der Waals surface area contributed by atoms with Gasteiger partial charge < -0.3 is 4.57 Å².